The van der Waals surface area contributed by atoms with Crippen LogP contribution in [0.5, 0.6) is 0 Å². The molecule has 1 heterocycles. The largest absolute Gasteiger partial charge is 0.465 e. The molecule has 0 spiro atoms. The van der Waals surface area contributed by atoms with Gasteiger partial charge in [0.15, 0.2) is 0 Å². The molecule has 4 saturated carbocycles. The first-order valence-corrected chi connectivity index (χ1v) is 11.1. The van der Waals surface area contributed by atoms with Gasteiger partial charge in [-0.15, -0.1) is 11.3 Å². The standard InChI is InChI=1S/C23H24FNO3S/c1-28-21(26)19-18(16-2-4-17(24)5-3-16)12-29-20(19)25-22(27)23-9-13-6-14(10-23)8-15(7-13)11-23/h2-5,12-15H,6-11H2,1H3,(H,25,27). The number of thiophene rings is 1. The summed E-state index contributed by atoms with van der Waals surface area (Å²) in [4.78, 5) is 26.0. The lowest BCUT2D eigenvalue weighted by Crippen LogP contribution is -2.51. The fourth-order valence-corrected chi connectivity index (χ4v) is 7.17. The zero-order valence-electron chi connectivity index (χ0n) is 16.4. The lowest BCUT2D eigenvalue weighted by atomic mass is 9.49. The van der Waals surface area contributed by atoms with Crippen LogP contribution in [0, 0.1) is 29.0 Å². The smallest absolute Gasteiger partial charge is 0.341 e. The number of hydrogen-bond acceptors (Lipinski definition) is 4. The molecule has 6 rings (SSSR count). The number of halogens is 1. The molecule has 0 atom stereocenters. The van der Waals surface area contributed by atoms with Crippen molar-refractivity contribution in [1.29, 1.82) is 0 Å². The highest BCUT2D eigenvalue weighted by Gasteiger charge is 2.54. The van der Waals surface area contributed by atoms with E-state index >= 15 is 0 Å². The number of carbonyl (C=O) groups is 2. The molecule has 0 radical (unpaired) electrons. The normalized spacial score (nSPS) is 29.7. The van der Waals surface area contributed by atoms with Crippen LogP contribution < -0.4 is 5.32 Å². The number of rotatable bonds is 4. The van der Waals surface area contributed by atoms with Crippen LogP contribution >= 0.6 is 11.3 Å². The van der Waals surface area contributed by atoms with Gasteiger partial charge in [0.1, 0.15) is 16.4 Å². The van der Waals surface area contributed by atoms with Crippen molar-refractivity contribution in [1.82, 2.24) is 0 Å². The van der Waals surface area contributed by atoms with Gasteiger partial charge in [-0.3, -0.25) is 4.79 Å². The van der Waals surface area contributed by atoms with E-state index in [2.05, 4.69) is 5.32 Å². The Bertz CT molecular complexity index is 930. The van der Waals surface area contributed by atoms with Crippen LogP contribution in [0.3, 0.4) is 0 Å². The van der Waals surface area contributed by atoms with Crippen molar-refractivity contribution in [3.05, 3.63) is 41.0 Å². The molecule has 152 valence electrons. The van der Waals surface area contributed by atoms with Gasteiger partial charge >= 0.3 is 5.97 Å². The molecule has 2 aromatic rings. The van der Waals surface area contributed by atoms with Crippen molar-refractivity contribution >= 4 is 28.2 Å². The summed E-state index contributed by atoms with van der Waals surface area (Å²) in [5, 5.41) is 5.44. The highest BCUT2D eigenvalue weighted by atomic mass is 32.1. The van der Waals surface area contributed by atoms with E-state index in [1.165, 1.54) is 49.8 Å². The second kappa shape index (κ2) is 6.94. The van der Waals surface area contributed by atoms with Crippen LogP contribution in [-0.4, -0.2) is 19.0 Å². The minimum atomic E-state index is -0.494. The first-order chi connectivity index (χ1) is 14.0. The molecule has 1 aromatic heterocycles. The zero-order valence-corrected chi connectivity index (χ0v) is 17.2. The van der Waals surface area contributed by atoms with Crippen LogP contribution in [0.25, 0.3) is 11.1 Å². The molecule has 6 heteroatoms. The predicted molar refractivity (Wildman–Crippen MR) is 110 cm³/mol. The minimum Gasteiger partial charge on any atom is -0.465 e. The van der Waals surface area contributed by atoms with E-state index in [9.17, 15) is 14.0 Å². The number of nitrogens with one attached hydrogen (secondary N) is 1. The lowest BCUT2D eigenvalue weighted by Gasteiger charge is -2.55. The Morgan fingerprint density at radius 2 is 1.66 bits per heavy atom. The summed E-state index contributed by atoms with van der Waals surface area (Å²) in [6, 6.07) is 5.99. The minimum absolute atomic E-state index is 0.0502. The average molecular weight is 414 g/mol. The fourth-order valence-electron chi connectivity index (χ4n) is 6.22. The van der Waals surface area contributed by atoms with E-state index in [0.717, 1.165) is 24.8 Å². The third-order valence-electron chi connectivity index (χ3n) is 7.08. The highest BCUT2D eigenvalue weighted by molar-refractivity contribution is 7.15. The molecule has 4 nitrogen and oxygen atoms in total. The number of ether oxygens (including phenoxy) is 1. The van der Waals surface area contributed by atoms with Crippen LogP contribution in [0.2, 0.25) is 0 Å². The van der Waals surface area contributed by atoms with E-state index in [1.54, 1.807) is 12.1 Å². The monoisotopic (exact) mass is 413 g/mol. The van der Waals surface area contributed by atoms with Crippen molar-refractivity contribution in [3.8, 4) is 11.1 Å². The second-order valence-electron chi connectivity index (χ2n) is 9.00. The molecule has 4 bridgehead atoms. The summed E-state index contributed by atoms with van der Waals surface area (Å²) >= 11 is 1.32. The number of esters is 1. The van der Waals surface area contributed by atoms with Gasteiger partial charge in [-0.05, 0) is 74.0 Å². The molecular formula is C23H24FNO3S. The van der Waals surface area contributed by atoms with Gasteiger partial charge in [-0.25, -0.2) is 9.18 Å². The molecule has 1 aromatic carbocycles. The van der Waals surface area contributed by atoms with E-state index in [1.807, 2.05) is 5.38 Å². The van der Waals surface area contributed by atoms with Crippen LogP contribution in [0.15, 0.2) is 29.6 Å². The first-order valence-electron chi connectivity index (χ1n) is 10.2. The maximum absolute atomic E-state index is 13.4. The quantitative estimate of drug-likeness (QED) is 0.674. The summed E-state index contributed by atoms with van der Waals surface area (Å²) in [5.74, 6) is 1.24. The van der Waals surface area contributed by atoms with Crippen molar-refractivity contribution in [3.63, 3.8) is 0 Å². The van der Waals surface area contributed by atoms with Gasteiger partial charge in [0.25, 0.3) is 0 Å². The van der Waals surface area contributed by atoms with Crippen LogP contribution in [0.4, 0.5) is 9.39 Å². The molecule has 1 N–H and O–H groups in total. The number of amides is 1. The highest BCUT2D eigenvalue weighted by Crippen LogP contribution is 2.60. The SMILES string of the molecule is COC(=O)c1c(-c2ccc(F)cc2)csc1NC(=O)C12CC3CC(CC(C3)C1)C2. The Hall–Kier alpha value is -2.21. The predicted octanol–water partition coefficient (Wildman–Crippen LogP) is 5.50. The molecule has 4 aliphatic rings. The maximum atomic E-state index is 13.4. The molecule has 1 amide bonds. The van der Waals surface area contributed by atoms with E-state index in [0.29, 0.717) is 33.9 Å². The molecule has 4 fully saturated rings. The third-order valence-corrected chi connectivity index (χ3v) is 7.98. The molecular weight excluding hydrogens is 389 g/mol. The average Bonchev–Trinajstić information content (AvgIpc) is 3.10. The third kappa shape index (κ3) is 3.18. The second-order valence-corrected chi connectivity index (χ2v) is 9.88. The Kier molecular flexibility index (Phi) is 4.50. The van der Waals surface area contributed by atoms with E-state index in [-0.39, 0.29) is 17.1 Å². The summed E-state index contributed by atoms with van der Waals surface area (Å²) in [6.45, 7) is 0. The lowest BCUT2D eigenvalue weighted by molar-refractivity contribution is -0.140. The molecule has 4 aliphatic carbocycles. The summed E-state index contributed by atoms with van der Waals surface area (Å²) in [6.07, 6.45) is 6.72. The van der Waals surface area contributed by atoms with Gasteiger partial charge in [0.05, 0.1) is 12.5 Å². The van der Waals surface area contributed by atoms with Gasteiger partial charge in [0.2, 0.25) is 5.91 Å². The van der Waals surface area contributed by atoms with Gasteiger partial charge in [-0.1, -0.05) is 12.1 Å². The number of methoxy groups -OCH3 is 1. The first kappa shape index (κ1) is 18.8. The summed E-state index contributed by atoms with van der Waals surface area (Å²) in [5.41, 5.74) is 1.44. The Morgan fingerprint density at radius 3 is 2.21 bits per heavy atom. The Morgan fingerprint density at radius 1 is 1.07 bits per heavy atom. The molecule has 0 saturated heterocycles. The van der Waals surface area contributed by atoms with E-state index < -0.39 is 5.97 Å². The molecule has 29 heavy (non-hydrogen) atoms. The number of hydrogen-bond donors (Lipinski definition) is 1. The zero-order chi connectivity index (χ0) is 20.2. The number of benzene rings is 1. The summed E-state index contributed by atoms with van der Waals surface area (Å²) in [7, 11) is 1.33. The Labute approximate surface area is 173 Å². The number of carbonyl (C=O) groups excluding carboxylic acids is 2. The van der Waals surface area contributed by atoms with Gasteiger partial charge in [0, 0.05) is 10.9 Å². The van der Waals surface area contributed by atoms with E-state index in [4.69, 9.17) is 4.74 Å². The van der Waals surface area contributed by atoms with Crippen LogP contribution in [0.1, 0.15) is 48.9 Å². The molecule has 0 aliphatic heterocycles. The number of anilines is 1. The van der Waals surface area contributed by atoms with Crippen molar-refractivity contribution in [2.45, 2.75) is 38.5 Å². The van der Waals surface area contributed by atoms with Gasteiger partial charge < -0.3 is 10.1 Å². The topological polar surface area (TPSA) is 55.4 Å². The van der Waals surface area contributed by atoms with Crippen molar-refractivity contribution < 1.29 is 18.7 Å². The van der Waals surface area contributed by atoms with Crippen LogP contribution in [-0.2, 0) is 9.53 Å². The Balaban J connectivity index is 1.46. The maximum Gasteiger partial charge on any atom is 0.341 e. The van der Waals surface area contributed by atoms with Crippen molar-refractivity contribution in [2.24, 2.45) is 23.2 Å². The molecule has 0 unspecified atom stereocenters. The van der Waals surface area contributed by atoms with Crippen molar-refractivity contribution in [2.75, 3.05) is 12.4 Å². The fraction of sp³-hybridized carbons (Fsp3) is 0.478. The van der Waals surface area contributed by atoms with Gasteiger partial charge in [-0.2, -0.15) is 0 Å². The summed E-state index contributed by atoms with van der Waals surface area (Å²) < 4.78 is 18.3.